The Balaban J connectivity index is 2.17. The van der Waals surface area contributed by atoms with E-state index in [9.17, 15) is 5.11 Å². The SMILES string of the molecule is CC(C)c1cc(CO)cc(OCc2ccccc2Br)n1. The van der Waals surface area contributed by atoms with E-state index in [2.05, 4.69) is 34.8 Å². The number of aliphatic hydroxyl groups is 1. The van der Waals surface area contributed by atoms with E-state index >= 15 is 0 Å². The lowest BCUT2D eigenvalue weighted by molar-refractivity contribution is 0.273. The molecule has 0 aliphatic heterocycles. The molecule has 0 saturated carbocycles. The van der Waals surface area contributed by atoms with Crippen LogP contribution in [0.5, 0.6) is 5.88 Å². The Kier molecular flexibility index (Phi) is 5.15. The highest BCUT2D eigenvalue weighted by molar-refractivity contribution is 9.10. The zero-order valence-corrected chi connectivity index (χ0v) is 13.2. The normalized spacial score (nSPS) is 10.8. The smallest absolute Gasteiger partial charge is 0.214 e. The predicted octanol–water partition coefficient (Wildman–Crippen LogP) is 4.04. The third-order valence-electron chi connectivity index (χ3n) is 2.99. The molecule has 0 spiro atoms. The lowest BCUT2D eigenvalue weighted by atomic mass is 10.1. The molecule has 0 radical (unpaired) electrons. The molecule has 0 aliphatic rings. The van der Waals surface area contributed by atoms with E-state index in [-0.39, 0.29) is 6.61 Å². The molecule has 1 heterocycles. The quantitative estimate of drug-likeness (QED) is 0.896. The van der Waals surface area contributed by atoms with Gasteiger partial charge in [-0.1, -0.05) is 48.0 Å². The first-order chi connectivity index (χ1) is 9.60. The van der Waals surface area contributed by atoms with Gasteiger partial charge in [-0.15, -0.1) is 0 Å². The fraction of sp³-hybridized carbons (Fsp3) is 0.312. The van der Waals surface area contributed by atoms with Crippen LogP contribution in [0.25, 0.3) is 0 Å². The minimum atomic E-state index is -0.00632. The van der Waals surface area contributed by atoms with Gasteiger partial charge in [0.05, 0.1) is 6.61 Å². The lowest BCUT2D eigenvalue weighted by Gasteiger charge is -2.12. The van der Waals surface area contributed by atoms with E-state index < -0.39 is 0 Å². The van der Waals surface area contributed by atoms with Crippen molar-refractivity contribution in [2.24, 2.45) is 0 Å². The van der Waals surface area contributed by atoms with Gasteiger partial charge >= 0.3 is 0 Å². The van der Waals surface area contributed by atoms with Crippen LogP contribution in [0.4, 0.5) is 0 Å². The first-order valence-corrected chi connectivity index (χ1v) is 7.37. The number of pyridine rings is 1. The van der Waals surface area contributed by atoms with Gasteiger partial charge in [-0.05, 0) is 23.6 Å². The van der Waals surface area contributed by atoms with Gasteiger partial charge in [0.1, 0.15) is 6.61 Å². The molecule has 106 valence electrons. The Morgan fingerprint density at radius 1 is 1.25 bits per heavy atom. The highest BCUT2D eigenvalue weighted by atomic mass is 79.9. The van der Waals surface area contributed by atoms with Gasteiger partial charge in [0.2, 0.25) is 5.88 Å². The monoisotopic (exact) mass is 335 g/mol. The molecule has 0 fully saturated rings. The molecule has 0 bridgehead atoms. The summed E-state index contributed by atoms with van der Waals surface area (Å²) in [7, 11) is 0. The average molecular weight is 336 g/mol. The van der Waals surface area contributed by atoms with Gasteiger partial charge in [0.25, 0.3) is 0 Å². The zero-order valence-electron chi connectivity index (χ0n) is 11.6. The molecule has 1 aromatic heterocycles. The first-order valence-electron chi connectivity index (χ1n) is 6.58. The summed E-state index contributed by atoms with van der Waals surface area (Å²) in [6.45, 7) is 4.58. The van der Waals surface area contributed by atoms with Gasteiger partial charge < -0.3 is 9.84 Å². The molecule has 1 N–H and O–H groups in total. The van der Waals surface area contributed by atoms with Crippen molar-refractivity contribution in [1.82, 2.24) is 4.98 Å². The van der Waals surface area contributed by atoms with E-state index in [1.807, 2.05) is 30.3 Å². The van der Waals surface area contributed by atoms with Gasteiger partial charge in [-0.2, -0.15) is 0 Å². The van der Waals surface area contributed by atoms with Crippen molar-refractivity contribution in [1.29, 1.82) is 0 Å². The second-order valence-electron chi connectivity index (χ2n) is 4.93. The maximum Gasteiger partial charge on any atom is 0.214 e. The van der Waals surface area contributed by atoms with Crippen LogP contribution in [0.3, 0.4) is 0 Å². The summed E-state index contributed by atoms with van der Waals surface area (Å²) in [5.41, 5.74) is 2.82. The molecular weight excluding hydrogens is 318 g/mol. The van der Waals surface area contributed by atoms with Crippen molar-refractivity contribution in [2.45, 2.75) is 33.0 Å². The van der Waals surface area contributed by atoms with E-state index in [1.165, 1.54) is 0 Å². The molecule has 0 aliphatic carbocycles. The standard InChI is InChI=1S/C16H18BrNO2/c1-11(2)15-7-12(9-19)8-16(18-15)20-10-13-5-3-4-6-14(13)17/h3-8,11,19H,9-10H2,1-2H3. The number of rotatable bonds is 5. The highest BCUT2D eigenvalue weighted by Crippen LogP contribution is 2.21. The third kappa shape index (κ3) is 3.81. The molecule has 0 saturated heterocycles. The molecule has 20 heavy (non-hydrogen) atoms. The molecule has 1 aromatic carbocycles. The molecule has 2 aromatic rings. The maximum absolute atomic E-state index is 9.31. The number of aromatic nitrogens is 1. The van der Waals surface area contributed by atoms with Crippen molar-refractivity contribution in [3.05, 3.63) is 57.7 Å². The molecule has 4 heteroatoms. The number of nitrogens with zero attached hydrogens (tertiary/aromatic N) is 1. The molecule has 2 rings (SSSR count). The van der Waals surface area contributed by atoms with E-state index in [4.69, 9.17) is 4.74 Å². The largest absolute Gasteiger partial charge is 0.473 e. The topological polar surface area (TPSA) is 42.4 Å². The highest BCUT2D eigenvalue weighted by Gasteiger charge is 2.08. The third-order valence-corrected chi connectivity index (χ3v) is 3.76. The summed E-state index contributed by atoms with van der Waals surface area (Å²) in [5, 5.41) is 9.31. The minimum Gasteiger partial charge on any atom is -0.473 e. The molecular formula is C16H18BrNO2. The van der Waals surface area contributed by atoms with Crippen LogP contribution in [0.15, 0.2) is 40.9 Å². The zero-order chi connectivity index (χ0) is 14.5. The van der Waals surface area contributed by atoms with Gasteiger partial charge in [0.15, 0.2) is 0 Å². The number of benzene rings is 1. The number of aliphatic hydroxyl groups excluding tert-OH is 1. The van der Waals surface area contributed by atoms with Gasteiger partial charge in [-0.25, -0.2) is 4.98 Å². The summed E-state index contributed by atoms with van der Waals surface area (Å²) in [5.74, 6) is 0.850. The van der Waals surface area contributed by atoms with Crippen LogP contribution in [0.2, 0.25) is 0 Å². The number of halogens is 1. The summed E-state index contributed by atoms with van der Waals surface area (Å²) >= 11 is 3.50. The van der Waals surface area contributed by atoms with Gasteiger partial charge in [-0.3, -0.25) is 0 Å². The number of hydrogen-bond donors (Lipinski definition) is 1. The Hall–Kier alpha value is -1.39. The van der Waals surface area contributed by atoms with E-state index in [1.54, 1.807) is 6.07 Å². The molecule has 3 nitrogen and oxygen atoms in total. The summed E-state index contributed by atoms with van der Waals surface area (Å²) < 4.78 is 6.77. The second-order valence-corrected chi connectivity index (χ2v) is 5.79. The average Bonchev–Trinajstić information content (AvgIpc) is 2.46. The Labute approximate surface area is 127 Å². The van der Waals surface area contributed by atoms with Crippen LogP contribution < -0.4 is 4.74 Å². The second kappa shape index (κ2) is 6.86. The van der Waals surface area contributed by atoms with E-state index in [0.717, 1.165) is 21.3 Å². The molecule has 0 amide bonds. The Morgan fingerprint density at radius 3 is 2.65 bits per heavy atom. The number of hydrogen-bond acceptors (Lipinski definition) is 3. The summed E-state index contributed by atoms with van der Waals surface area (Å²) in [4.78, 5) is 4.48. The first kappa shape index (κ1) is 15.0. The lowest BCUT2D eigenvalue weighted by Crippen LogP contribution is -2.02. The van der Waals surface area contributed by atoms with Crippen molar-refractivity contribution < 1.29 is 9.84 Å². The van der Waals surface area contributed by atoms with Crippen molar-refractivity contribution in [2.75, 3.05) is 0 Å². The minimum absolute atomic E-state index is 0.00632. The van der Waals surface area contributed by atoms with Gasteiger partial charge in [0, 0.05) is 21.8 Å². The Bertz CT molecular complexity index is 584. The molecule has 0 atom stereocenters. The van der Waals surface area contributed by atoms with Crippen LogP contribution >= 0.6 is 15.9 Å². The number of ether oxygens (including phenoxy) is 1. The van der Waals surface area contributed by atoms with Crippen molar-refractivity contribution in [3.8, 4) is 5.88 Å². The van der Waals surface area contributed by atoms with Crippen molar-refractivity contribution in [3.63, 3.8) is 0 Å². The fourth-order valence-corrected chi connectivity index (χ4v) is 2.21. The maximum atomic E-state index is 9.31. The van der Waals surface area contributed by atoms with E-state index in [0.29, 0.717) is 18.4 Å². The van der Waals surface area contributed by atoms with Crippen LogP contribution in [-0.2, 0) is 13.2 Å². The Morgan fingerprint density at radius 2 is 2.00 bits per heavy atom. The van der Waals surface area contributed by atoms with Crippen LogP contribution in [-0.4, -0.2) is 10.1 Å². The van der Waals surface area contributed by atoms with Crippen molar-refractivity contribution >= 4 is 15.9 Å². The van der Waals surface area contributed by atoms with Crippen LogP contribution in [0, 0.1) is 0 Å². The molecule has 0 unspecified atom stereocenters. The summed E-state index contributed by atoms with van der Waals surface area (Å²) in [6.07, 6.45) is 0. The predicted molar refractivity (Wildman–Crippen MR) is 82.7 cm³/mol. The summed E-state index contributed by atoms with van der Waals surface area (Å²) in [6, 6.07) is 11.6. The van der Waals surface area contributed by atoms with Crippen LogP contribution in [0.1, 0.15) is 36.6 Å². The fourth-order valence-electron chi connectivity index (χ4n) is 1.81.